The second kappa shape index (κ2) is 7.99. The molecule has 0 bridgehead atoms. The van der Waals surface area contributed by atoms with Crippen LogP contribution in [0.2, 0.25) is 0 Å². The van der Waals surface area contributed by atoms with E-state index in [1.807, 2.05) is 11.4 Å². The monoisotopic (exact) mass is 407 g/mol. The fourth-order valence-corrected chi connectivity index (χ4v) is 2.62. The topological polar surface area (TPSA) is 64.9 Å². The molecule has 1 amide bonds. The zero-order valence-corrected chi connectivity index (χ0v) is 14.9. The van der Waals surface area contributed by atoms with Crippen LogP contribution in [0, 0.1) is 17.1 Å². The van der Waals surface area contributed by atoms with Gasteiger partial charge in [0.1, 0.15) is 17.4 Å². The lowest BCUT2D eigenvalue weighted by Gasteiger charge is -2.30. The van der Waals surface area contributed by atoms with Crippen molar-refractivity contribution in [2.24, 2.45) is 0 Å². The Kier molecular flexibility index (Phi) is 6.28. The van der Waals surface area contributed by atoms with Crippen molar-refractivity contribution in [2.75, 3.05) is 0 Å². The summed E-state index contributed by atoms with van der Waals surface area (Å²) in [6.45, 7) is 1.15. The molecule has 2 unspecified atom stereocenters. The number of rotatable bonds is 8. The minimum absolute atomic E-state index is 0.298. The van der Waals surface area contributed by atoms with Crippen LogP contribution in [0.25, 0.3) is 0 Å². The summed E-state index contributed by atoms with van der Waals surface area (Å²) in [6.07, 6.45) is -6.18. The van der Waals surface area contributed by atoms with Crippen molar-refractivity contribution < 1.29 is 31.1 Å². The molecule has 0 aliphatic heterocycles. The summed E-state index contributed by atoms with van der Waals surface area (Å²) in [5.74, 6) is -5.26. The van der Waals surface area contributed by atoms with Gasteiger partial charge in [0, 0.05) is 12.8 Å². The Balaban J connectivity index is 2.30. The van der Waals surface area contributed by atoms with E-state index < -0.39 is 59.9 Å². The molecule has 1 aromatic carbocycles. The average molecular weight is 407 g/mol. The van der Waals surface area contributed by atoms with E-state index in [4.69, 9.17) is 5.26 Å². The summed E-state index contributed by atoms with van der Waals surface area (Å²) < 4.78 is 81.4. The van der Waals surface area contributed by atoms with Crippen LogP contribution in [0.15, 0.2) is 24.3 Å². The second-order valence-corrected chi connectivity index (χ2v) is 6.84. The zero-order valence-electron chi connectivity index (χ0n) is 14.9. The van der Waals surface area contributed by atoms with Crippen molar-refractivity contribution in [3.05, 3.63) is 35.6 Å². The molecule has 154 valence electrons. The number of nitrogens with one attached hydrogen (secondary N) is 2. The predicted molar refractivity (Wildman–Crippen MR) is 87.7 cm³/mol. The lowest BCUT2D eigenvalue weighted by molar-refractivity contribution is -0.163. The molecule has 1 aliphatic rings. The van der Waals surface area contributed by atoms with Crippen LogP contribution in [0.1, 0.15) is 44.2 Å². The van der Waals surface area contributed by atoms with Crippen LogP contribution < -0.4 is 10.6 Å². The van der Waals surface area contributed by atoms with E-state index in [9.17, 15) is 31.1 Å². The van der Waals surface area contributed by atoms with E-state index in [-0.39, 0.29) is 0 Å². The first-order chi connectivity index (χ1) is 12.9. The molecule has 0 heterocycles. The number of benzene rings is 1. The lowest BCUT2D eigenvalue weighted by atomic mass is 10.0. The number of carbonyl (C=O) groups is 1. The van der Waals surface area contributed by atoms with Gasteiger partial charge in [-0.1, -0.05) is 19.1 Å². The van der Waals surface area contributed by atoms with Crippen LogP contribution in [-0.2, 0) is 4.79 Å². The van der Waals surface area contributed by atoms with Gasteiger partial charge >= 0.3 is 6.18 Å². The maximum Gasteiger partial charge on any atom is 0.407 e. The summed E-state index contributed by atoms with van der Waals surface area (Å²) >= 11 is 0. The standard InChI is InChI=1S/C18H19F6N3O/c1-2-17(20,21)9-13(15(28)27-16(10-25)7-8-16)26-14(18(22,23)24)11-3-5-12(19)6-4-11/h3-6,13-14,26H,2,7-9H2,1H3,(H,27,28). The van der Waals surface area contributed by atoms with E-state index in [0.29, 0.717) is 12.8 Å². The highest BCUT2D eigenvalue weighted by Crippen LogP contribution is 2.37. The SMILES string of the molecule is CCC(F)(F)CC(NC(c1ccc(F)cc1)C(F)(F)F)C(=O)NC1(C#N)CC1. The van der Waals surface area contributed by atoms with Gasteiger partial charge in [-0.05, 0) is 30.5 Å². The van der Waals surface area contributed by atoms with Gasteiger partial charge in [0.15, 0.2) is 0 Å². The van der Waals surface area contributed by atoms with Gasteiger partial charge in [-0.15, -0.1) is 0 Å². The molecule has 4 nitrogen and oxygen atoms in total. The fourth-order valence-electron chi connectivity index (χ4n) is 2.62. The molecule has 0 spiro atoms. The number of amides is 1. The first-order valence-corrected chi connectivity index (χ1v) is 8.61. The van der Waals surface area contributed by atoms with Crippen molar-refractivity contribution in [3.8, 4) is 6.07 Å². The average Bonchev–Trinajstić information content (AvgIpc) is 3.38. The Morgan fingerprint density at radius 2 is 1.79 bits per heavy atom. The largest absolute Gasteiger partial charge is 0.407 e. The second-order valence-electron chi connectivity index (χ2n) is 6.84. The van der Waals surface area contributed by atoms with Crippen molar-refractivity contribution in [2.45, 2.75) is 62.3 Å². The molecule has 1 fully saturated rings. The quantitative estimate of drug-likeness (QED) is 0.641. The first kappa shape index (κ1) is 22.0. The fraction of sp³-hybridized carbons (Fsp3) is 0.556. The zero-order chi connectivity index (χ0) is 21.2. The summed E-state index contributed by atoms with van der Waals surface area (Å²) in [4.78, 5) is 12.4. The molecule has 2 atom stereocenters. The Morgan fingerprint density at radius 3 is 2.21 bits per heavy atom. The van der Waals surface area contributed by atoms with Gasteiger partial charge < -0.3 is 5.32 Å². The maximum absolute atomic E-state index is 13.9. The Labute approximate surface area is 157 Å². The Hall–Kier alpha value is -2.28. The van der Waals surface area contributed by atoms with Crippen molar-refractivity contribution in [3.63, 3.8) is 0 Å². The molecule has 2 rings (SSSR count). The number of carbonyl (C=O) groups excluding carboxylic acids is 1. The van der Waals surface area contributed by atoms with Crippen LogP contribution in [0.5, 0.6) is 0 Å². The molecular weight excluding hydrogens is 388 g/mol. The molecule has 0 aromatic heterocycles. The molecule has 2 N–H and O–H groups in total. The van der Waals surface area contributed by atoms with Crippen molar-refractivity contribution >= 4 is 5.91 Å². The molecule has 0 radical (unpaired) electrons. The number of hydrogen-bond donors (Lipinski definition) is 2. The van der Waals surface area contributed by atoms with E-state index in [2.05, 4.69) is 5.32 Å². The third-order valence-corrected chi connectivity index (χ3v) is 4.56. The molecule has 1 saturated carbocycles. The van der Waals surface area contributed by atoms with Gasteiger partial charge in [0.05, 0.1) is 12.1 Å². The lowest BCUT2D eigenvalue weighted by Crippen LogP contribution is -2.53. The van der Waals surface area contributed by atoms with E-state index in [1.54, 1.807) is 0 Å². The van der Waals surface area contributed by atoms with Gasteiger partial charge in [-0.2, -0.15) is 18.4 Å². The Bertz CT molecular complexity index is 737. The van der Waals surface area contributed by atoms with Gasteiger partial charge in [-0.3, -0.25) is 10.1 Å². The summed E-state index contributed by atoms with van der Waals surface area (Å²) in [6, 6.07) is 0.800. The highest BCUT2D eigenvalue weighted by molar-refractivity contribution is 5.83. The number of nitriles is 1. The summed E-state index contributed by atoms with van der Waals surface area (Å²) in [5.41, 5.74) is -1.64. The number of nitrogens with zero attached hydrogens (tertiary/aromatic N) is 1. The van der Waals surface area contributed by atoms with Crippen molar-refractivity contribution in [1.29, 1.82) is 5.26 Å². The minimum atomic E-state index is -4.93. The first-order valence-electron chi connectivity index (χ1n) is 8.61. The van der Waals surface area contributed by atoms with Crippen LogP contribution in [0.4, 0.5) is 26.3 Å². The summed E-state index contributed by atoms with van der Waals surface area (Å²) in [5, 5.41) is 13.2. The highest BCUT2D eigenvalue weighted by atomic mass is 19.4. The third kappa shape index (κ3) is 5.61. The highest BCUT2D eigenvalue weighted by Gasteiger charge is 2.49. The molecule has 1 aromatic rings. The maximum atomic E-state index is 13.9. The van der Waals surface area contributed by atoms with E-state index in [1.165, 1.54) is 0 Å². The normalized spacial score (nSPS) is 18.1. The van der Waals surface area contributed by atoms with Gasteiger partial charge in [0.25, 0.3) is 0 Å². The molecular formula is C18H19F6N3O. The predicted octanol–water partition coefficient (Wildman–Crippen LogP) is 4.00. The van der Waals surface area contributed by atoms with Crippen LogP contribution in [-0.4, -0.2) is 29.6 Å². The van der Waals surface area contributed by atoms with E-state index >= 15 is 0 Å². The molecule has 0 saturated heterocycles. The van der Waals surface area contributed by atoms with Gasteiger partial charge in [-0.25, -0.2) is 13.2 Å². The van der Waals surface area contributed by atoms with Crippen LogP contribution in [0.3, 0.4) is 0 Å². The van der Waals surface area contributed by atoms with E-state index in [0.717, 1.165) is 31.2 Å². The molecule has 10 heteroatoms. The Morgan fingerprint density at radius 1 is 1.21 bits per heavy atom. The van der Waals surface area contributed by atoms with Gasteiger partial charge in [0.2, 0.25) is 11.8 Å². The molecule has 28 heavy (non-hydrogen) atoms. The minimum Gasteiger partial charge on any atom is -0.336 e. The van der Waals surface area contributed by atoms with Crippen LogP contribution >= 0.6 is 0 Å². The summed E-state index contributed by atoms with van der Waals surface area (Å²) in [7, 11) is 0. The van der Waals surface area contributed by atoms with Crippen molar-refractivity contribution in [1.82, 2.24) is 10.6 Å². The molecule has 1 aliphatic carbocycles. The third-order valence-electron chi connectivity index (χ3n) is 4.56. The number of halogens is 6. The smallest absolute Gasteiger partial charge is 0.336 e. The number of alkyl halides is 5. The number of hydrogen-bond acceptors (Lipinski definition) is 3.